The molecular weight excluding hydrogens is 284 g/mol. The zero-order chi connectivity index (χ0) is 15.4. The van der Waals surface area contributed by atoms with Crippen LogP contribution < -0.4 is 5.73 Å². The molecule has 0 radical (unpaired) electrons. The lowest BCUT2D eigenvalue weighted by molar-refractivity contribution is -0.385. The van der Waals surface area contributed by atoms with E-state index in [0.29, 0.717) is 5.75 Å². The molecule has 1 unspecified atom stereocenters. The van der Waals surface area contributed by atoms with E-state index in [4.69, 9.17) is 5.73 Å². The van der Waals surface area contributed by atoms with Gasteiger partial charge in [0.1, 0.15) is 0 Å². The number of hydrogen-bond acceptors (Lipinski definition) is 4. The van der Waals surface area contributed by atoms with Crippen molar-refractivity contribution in [3.63, 3.8) is 0 Å². The molecule has 2 aromatic carbocycles. The van der Waals surface area contributed by atoms with Gasteiger partial charge in [-0.1, -0.05) is 24.3 Å². The quantitative estimate of drug-likeness (QED) is 0.510. The van der Waals surface area contributed by atoms with Crippen LogP contribution in [0.3, 0.4) is 0 Å². The van der Waals surface area contributed by atoms with Gasteiger partial charge in [-0.05, 0) is 37.1 Å². The average molecular weight is 302 g/mol. The smallest absolute Gasteiger partial charge is 0.272 e. The minimum Gasteiger partial charge on any atom is -0.324 e. The van der Waals surface area contributed by atoms with Gasteiger partial charge < -0.3 is 5.73 Å². The maximum Gasteiger partial charge on any atom is 0.272 e. The predicted molar refractivity (Wildman–Crippen MR) is 86.4 cm³/mol. The number of nitrogens with zero attached hydrogens (tertiary/aromatic N) is 1. The van der Waals surface area contributed by atoms with Crippen molar-refractivity contribution in [2.45, 2.75) is 30.5 Å². The fourth-order valence-electron chi connectivity index (χ4n) is 2.07. The Morgan fingerprint density at radius 3 is 2.67 bits per heavy atom. The lowest BCUT2D eigenvalue weighted by Gasteiger charge is -2.09. The van der Waals surface area contributed by atoms with Crippen LogP contribution in [-0.2, 0) is 5.75 Å². The normalized spacial score (nSPS) is 12.1. The Bertz CT molecular complexity index is 656. The standard InChI is InChI=1S/C16H18N2O2S/c1-11-14(6-4-8-16(11)18(19)20)10-21-15-7-3-5-13(9-15)12(2)17/h3-9,12H,10,17H2,1-2H3. The van der Waals surface area contributed by atoms with Gasteiger partial charge in [-0.2, -0.15) is 0 Å². The van der Waals surface area contributed by atoms with Crippen LogP contribution in [0.15, 0.2) is 47.4 Å². The van der Waals surface area contributed by atoms with Gasteiger partial charge in [-0.25, -0.2) is 0 Å². The van der Waals surface area contributed by atoms with E-state index < -0.39 is 0 Å². The molecule has 5 heteroatoms. The van der Waals surface area contributed by atoms with E-state index in [9.17, 15) is 10.1 Å². The van der Waals surface area contributed by atoms with Gasteiger partial charge in [0.05, 0.1) is 4.92 Å². The fourth-order valence-corrected chi connectivity index (χ4v) is 3.10. The third-order valence-electron chi connectivity index (χ3n) is 3.39. The molecule has 2 N–H and O–H groups in total. The lowest BCUT2D eigenvalue weighted by Crippen LogP contribution is -2.04. The molecule has 0 aromatic heterocycles. The number of rotatable bonds is 5. The van der Waals surface area contributed by atoms with Crippen LogP contribution in [0.25, 0.3) is 0 Å². The zero-order valence-electron chi connectivity index (χ0n) is 12.1. The minimum absolute atomic E-state index is 0.00472. The van der Waals surface area contributed by atoms with Crippen molar-refractivity contribution in [3.05, 3.63) is 69.3 Å². The summed E-state index contributed by atoms with van der Waals surface area (Å²) in [5, 5.41) is 11.0. The molecule has 0 bridgehead atoms. The minimum atomic E-state index is -0.333. The highest BCUT2D eigenvalue weighted by Gasteiger charge is 2.13. The van der Waals surface area contributed by atoms with Crippen molar-refractivity contribution in [1.82, 2.24) is 0 Å². The van der Waals surface area contributed by atoms with Crippen molar-refractivity contribution >= 4 is 17.4 Å². The van der Waals surface area contributed by atoms with Crippen LogP contribution in [0.1, 0.15) is 29.7 Å². The second kappa shape index (κ2) is 6.74. The SMILES string of the molecule is Cc1c(CSc2cccc(C(C)N)c2)cccc1[N+](=O)[O-]. The van der Waals surface area contributed by atoms with Crippen LogP contribution in [0.2, 0.25) is 0 Å². The molecule has 4 nitrogen and oxygen atoms in total. The monoisotopic (exact) mass is 302 g/mol. The van der Waals surface area contributed by atoms with Crippen LogP contribution in [0, 0.1) is 17.0 Å². The summed E-state index contributed by atoms with van der Waals surface area (Å²) in [5.41, 5.74) is 8.88. The van der Waals surface area contributed by atoms with Gasteiger partial charge in [0, 0.05) is 28.3 Å². The van der Waals surface area contributed by atoms with Crippen LogP contribution in [-0.4, -0.2) is 4.92 Å². The van der Waals surface area contributed by atoms with E-state index >= 15 is 0 Å². The van der Waals surface area contributed by atoms with E-state index in [1.165, 1.54) is 0 Å². The highest BCUT2D eigenvalue weighted by atomic mass is 32.2. The summed E-state index contributed by atoms with van der Waals surface area (Å²) in [7, 11) is 0. The van der Waals surface area contributed by atoms with Gasteiger partial charge in [0.25, 0.3) is 5.69 Å². The summed E-state index contributed by atoms with van der Waals surface area (Å²) in [6, 6.07) is 13.3. The van der Waals surface area contributed by atoms with E-state index in [2.05, 4.69) is 6.07 Å². The number of hydrogen-bond donors (Lipinski definition) is 1. The third kappa shape index (κ3) is 3.83. The lowest BCUT2D eigenvalue weighted by atomic mass is 10.1. The Balaban J connectivity index is 2.15. The summed E-state index contributed by atoms with van der Waals surface area (Å²) in [5.74, 6) is 0.704. The third-order valence-corrected chi connectivity index (χ3v) is 4.43. The van der Waals surface area contributed by atoms with Crippen molar-refractivity contribution in [1.29, 1.82) is 0 Å². The molecule has 0 spiro atoms. The number of nitro groups is 1. The van der Waals surface area contributed by atoms with Crippen LogP contribution in [0.5, 0.6) is 0 Å². The second-order valence-corrected chi connectivity index (χ2v) is 6.02. The predicted octanol–water partition coefficient (Wildman–Crippen LogP) is 4.22. The Labute approximate surface area is 128 Å². The molecule has 2 aromatic rings. The van der Waals surface area contributed by atoms with E-state index in [1.807, 2.05) is 31.2 Å². The topological polar surface area (TPSA) is 69.2 Å². The first-order valence-electron chi connectivity index (χ1n) is 6.70. The summed E-state index contributed by atoms with van der Waals surface area (Å²) < 4.78 is 0. The number of nitrogens with two attached hydrogens (primary N) is 1. The van der Waals surface area contributed by atoms with Gasteiger partial charge in [-0.15, -0.1) is 11.8 Å². The first-order chi connectivity index (χ1) is 9.99. The van der Waals surface area contributed by atoms with Crippen molar-refractivity contribution < 1.29 is 4.92 Å². The molecule has 1 atom stereocenters. The van der Waals surface area contributed by atoms with Crippen molar-refractivity contribution in [2.75, 3.05) is 0 Å². The molecule has 0 aliphatic rings. The molecule has 0 saturated carbocycles. The highest BCUT2D eigenvalue weighted by Crippen LogP contribution is 2.29. The van der Waals surface area contributed by atoms with E-state index in [1.54, 1.807) is 30.8 Å². The maximum atomic E-state index is 11.0. The van der Waals surface area contributed by atoms with E-state index in [-0.39, 0.29) is 16.7 Å². The molecule has 0 heterocycles. The summed E-state index contributed by atoms with van der Waals surface area (Å²) >= 11 is 1.66. The van der Waals surface area contributed by atoms with Crippen molar-refractivity contribution in [2.24, 2.45) is 5.73 Å². The Morgan fingerprint density at radius 2 is 2.00 bits per heavy atom. The zero-order valence-corrected chi connectivity index (χ0v) is 12.9. The van der Waals surface area contributed by atoms with Gasteiger partial charge in [0.15, 0.2) is 0 Å². The van der Waals surface area contributed by atoms with Crippen molar-refractivity contribution in [3.8, 4) is 0 Å². The highest BCUT2D eigenvalue weighted by molar-refractivity contribution is 7.98. The average Bonchev–Trinajstić information content (AvgIpc) is 2.46. The van der Waals surface area contributed by atoms with Gasteiger partial charge in [-0.3, -0.25) is 10.1 Å². The second-order valence-electron chi connectivity index (χ2n) is 4.97. The molecule has 0 aliphatic carbocycles. The molecule has 0 saturated heterocycles. The van der Waals surface area contributed by atoms with E-state index in [0.717, 1.165) is 21.6 Å². The van der Waals surface area contributed by atoms with Crippen LogP contribution in [0.4, 0.5) is 5.69 Å². The molecule has 0 aliphatic heterocycles. The first-order valence-corrected chi connectivity index (χ1v) is 7.69. The Kier molecular flexibility index (Phi) is 4.98. The van der Waals surface area contributed by atoms with Crippen LogP contribution >= 0.6 is 11.8 Å². The summed E-state index contributed by atoms with van der Waals surface area (Å²) in [6.07, 6.45) is 0. The molecule has 0 fully saturated rings. The molecule has 2 rings (SSSR count). The molecule has 0 amide bonds. The Hall–Kier alpha value is -1.85. The summed E-state index contributed by atoms with van der Waals surface area (Å²) in [4.78, 5) is 11.7. The molecular formula is C16H18N2O2S. The molecule has 110 valence electrons. The fraction of sp³-hybridized carbons (Fsp3) is 0.250. The molecule has 21 heavy (non-hydrogen) atoms. The largest absolute Gasteiger partial charge is 0.324 e. The number of nitro benzene ring substituents is 1. The van der Waals surface area contributed by atoms with Gasteiger partial charge >= 0.3 is 0 Å². The summed E-state index contributed by atoms with van der Waals surface area (Å²) in [6.45, 7) is 3.75. The maximum absolute atomic E-state index is 11.0. The number of thioether (sulfide) groups is 1. The number of benzene rings is 2. The Morgan fingerprint density at radius 1 is 1.29 bits per heavy atom. The first kappa shape index (κ1) is 15.5. The van der Waals surface area contributed by atoms with Gasteiger partial charge in [0.2, 0.25) is 0 Å².